The van der Waals surface area contributed by atoms with Gasteiger partial charge in [0.1, 0.15) is 0 Å². The van der Waals surface area contributed by atoms with Crippen LogP contribution in [-0.2, 0) is 0 Å². The Bertz CT molecular complexity index is 912. The summed E-state index contributed by atoms with van der Waals surface area (Å²) in [6.07, 6.45) is 3.32. The van der Waals surface area contributed by atoms with Crippen molar-refractivity contribution in [2.24, 2.45) is 0 Å². The molecule has 0 radical (unpaired) electrons. The third-order valence-corrected chi connectivity index (χ3v) is 3.17. The van der Waals surface area contributed by atoms with Crippen LogP contribution in [-0.4, -0.2) is 17.2 Å². The maximum atomic E-state index is 11.9. The van der Waals surface area contributed by atoms with Crippen LogP contribution in [0.15, 0.2) is 51.7 Å². The van der Waals surface area contributed by atoms with Crippen molar-refractivity contribution < 1.29 is 14.3 Å². The Morgan fingerprint density at radius 1 is 1.18 bits per heavy atom. The summed E-state index contributed by atoms with van der Waals surface area (Å²) in [7, 11) is 1.48. The maximum absolute atomic E-state index is 11.9. The quantitative estimate of drug-likeness (QED) is 0.804. The Morgan fingerprint density at radius 2 is 2.00 bits per heavy atom. The molecule has 0 spiro atoms. The van der Waals surface area contributed by atoms with Crippen molar-refractivity contribution in [3.8, 4) is 11.5 Å². The molecule has 5 heteroatoms. The summed E-state index contributed by atoms with van der Waals surface area (Å²) in [5, 5.41) is 10.0. The van der Waals surface area contributed by atoms with Gasteiger partial charge < -0.3 is 14.3 Å². The van der Waals surface area contributed by atoms with Gasteiger partial charge >= 0.3 is 5.63 Å². The number of hydrogen-bond donors (Lipinski definition) is 1. The zero-order valence-corrected chi connectivity index (χ0v) is 11.8. The van der Waals surface area contributed by atoms with Crippen LogP contribution in [0.25, 0.3) is 23.1 Å². The van der Waals surface area contributed by atoms with Crippen molar-refractivity contribution in [1.29, 1.82) is 0 Å². The first kappa shape index (κ1) is 13.9. The fraction of sp³-hybridized carbons (Fsp3) is 0.0588. The lowest BCUT2D eigenvalue weighted by molar-refractivity contribution is 0.373. The molecule has 110 valence electrons. The Balaban J connectivity index is 1.97. The number of methoxy groups -OCH3 is 1. The molecule has 22 heavy (non-hydrogen) atoms. The maximum Gasteiger partial charge on any atom is 0.347 e. The first-order valence-corrected chi connectivity index (χ1v) is 6.62. The second-order valence-electron chi connectivity index (χ2n) is 4.62. The lowest BCUT2D eigenvalue weighted by Crippen LogP contribution is -2.02. The molecule has 0 bridgehead atoms. The Labute approximate surface area is 126 Å². The van der Waals surface area contributed by atoms with Gasteiger partial charge in [-0.05, 0) is 35.9 Å². The number of benzene rings is 2. The molecule has 0 aliphatic heterocycles. The molecule has 3 aromatic rings. The minimum absolute atomic E-state index is 0.0648. The molecule has 0 saturated carbocycles. The van der Waals surface area contributed by atoms with E-state index in [9.17, 15) is 9.90 Å². The zero-order chi connectivity index (χ0) is 15.5. The topological polar surface area (TPSA) is 72.6 Å². The van der Waals surface area contributed by atoms with E-state index in [0.29, 0.717) is 16.7 Å². The van der Waals surface area contributed by atoms with Gasteiger partial charge in [-0.25, -0.2) is 9.78 Å². The van der Waals surface area contributed by atoms with Crippen molar-refractivity contribution in [3.63, 3.8) is 0 Å². The number of para-hydroxylation sites is 1. The Morgan fingerprint density at radius 3 is 2.82 bits per heavy atom. The summed E-state index contributed by atoms with van der Waals surface area (Å²) in [6, 6.07) is 11.9. The predicted octanol–water partition coefficient (Wildman–Crippen LogP) is 3.07. The first-order valence-electron chi connectivity index (χ1n) is 6.62. The van der Waals surface area contributed by atoms with Gasteiger partial charge in [0.2, 0.25) is 5.89 Å². The van der Waals surface area contributed by atoms with Gasteiger partial charge in [-0.15, -0.1) is 0 Å². The summed E-state index contributed by atoms with van der Waals surface area (Å²) in [5.41, 5.74) is 0.947. The third kappa shape index (κ3) is 2.69. The largest absolute Gasteiger partial charge is 0.504 e. The van der Waals surface area contributed by atoms with E-state index in [1.54, 1.807) is 42.5 Å². The number of phenols is 1. The standard InChI is InChI=1S/C17H13NO4/c1-21-15-10-11(6-8-14(15)19)7-9-16-18-13-5-3-2-4-12(13)17(20)22-16/h2-10,19H,1H3/b9-7+. The van der Waals surface area contributed by atoms with Gasteiger partial charge in [-0.1, -0.05) is 18.2 Å². The van der Waals surface area contributed by atoms with Crippen LogP contribution < -0.4 is 10.4 Å². The molecular weight excluding hydrogens is 282 g/mol. The molecule has 1 aromatic heterocycles. The molecule has 0 atom stereocenters. The monoisotopic (exact) mass is 295 g/mol. The van der Waals surface area contributed by atoms with Crippen LogP contribution >= 0.6 is 0 Å². The summed E-state index contributed by atoms with van der Waals surface area (Å²) in [4.78, 5) is 16.1. The van der Waals surface area contributed by atoms with Gasteiger partial charge in [-0.2, -0.15) is 0 Å². The summed E-state index contributed by atoms with van der Waals surface area (Å²) >= 11 is 0. The van der Waals surface area contributed by atoms with Gasteiger partial charge in [0.15, 0.2) is 11.5 Å². The molecule has 1 heterocycles. The number of ether oxygens (including phenoxy) is 1. The third-order valence-electron chi connectivity index (χ3n) is 3.17. The molecule has 0 aliphatic carbocycles. The molecule has 3 rings (SSSR count). The van der Waals surface area contributed by atoms with Crippen molar-refractivity contribution in [2.75, 3.05) is 7.11 Å². The second-order valence-corrected chi connectivity index (χ2v) is 4.62. The lowest BCUT2D eigenvalue weighted by Gasteiger charge is -2.03. The molecule has 0 amide bonds. The number of nitrogens with zero attached hydrogens (tertiary/aromatic N) is 1. The highest BCUT2D eigenvalue weighted by Crippen LogP contribution is 2.27. The van der Waals surface area contributed by atoms with Crippen molar-refractivity contribution in [1.82, 2.24) is 4.98 Å². The number of fused-ring (bicyclic) bond motifs is 1. The molecule has 0 fully saturated rings. The molecule has 1 N–H and O–H groups in total. The normalized spacial score (nSPS) is 11.1. The Hall–Kier alpha value is -3.08. The number of phenolic OH excluding ortho intramolecular Hbond substituents is 1. The highest BCUT2D eigenvalue weighted by molar-refractivity contribution is 5.78. The lowest BCUT2D eigenvalue weighted by atomic mass is 10.2. The van der Waals surface area contributed by atoms with Crippen LogP contribution in [0.1, 0.15) is 11.5 Å². The predicted molar refractivity (Wildman–Crippen MR) is 83.9 cm³/mol. The van der Waals surface area contributed by atoms with Crippen LogP contribution in [0.3, 0.4) is 0 Å². The van der Waals surface area contributed by atoms with Gasteiger partial charge in [0.25, 0.3) is 0 Å². The van der Waals surface area contributed by atoms with Crippen LogP contribution in [0.4, 0.5) is 0 Å². The Kier molecular flexibility index (Phi) is 3.62. The summed E-state index contributed by atoms with van der Waals surface area (Å²) in [5.74, 6) is 0.654. The van der Waals surface area contributed by atoms with Crippen molar-refractivity contribution in [3.05, 3.63) is 64.3 Å². The van der Waals surface area contributed by atoms with E-state index < -0.39 is 5.63 Å². The molecule has 5 nitrogen and oxygen atoms in total. The summed E-state index contributed by atoms with van der Waals surface area (Å²) in [6.45, 7) is 0. The minimum Gasteiger partial charge on any atom is -0.504 e. The fourth-order valence-electron chi connectivity index (χ4n) is 2.07. The van der Waals surface area contributed by atoms with Crippen LogP contribution in [0.2, 0.25) is 0 Å². The molecule has 2 aromatic carbocycles. The highest BCUT2D eigenvalue weighted by Gasteiger charge is 2.04. The minimum atomic E-state index is -0.423. The van der Waals surface area contributed by atoms with Crippen molar-refractivity contribution >= 4 is 23.1 Å². The molecular formula is C17H13NO4. The van der Waals surface area contributed by atoms with E-state index in [0.717, 1.165) is 5.56 Å². The number of hydrogen-bond acceptors (Lipinski definition) is 5. The van der Waals surface area contributed by atoms with E-state index in [1.165, 1.54) is 13.2 Å². The van der Waals surface area contributed by atoms with E-state index in [2.05, 4.69) is 4.98 Å². The summed E-state index contributed by atoms with van der Waals surface area (Å²) < 4.78 is 10.2. The van der Waals surface area contributed by atoms with E-state index in [1.807, 2.05) is 6.07 Å². The van der Waals surface area contributed by atoms with E-state index in [4.69, 9.17) is 9.15 Å². The molecule has 0 aliphatic rings. The average Bonchev–Trinajstić information content (AvgIpc) is 2.54. The van der Waals surface area contributed by atoms with Gasteiger partial charge in [0, 0.05) is 6.08 Å². The van der Waals surface area contributed by atoms with Crippen LogP contribution in [0, 0.1) is 0 Å². The first-order chi connectivity index (χ1) is 10.7. The van der Waals surface area contributed by atoms with Crippen molar-refractivity contribution in [2.45, 2.75) is 0 Å². The van der Waals surface area contributed by atoms with E-state index >= 15 is 0 Å². The number of aromatic hydroxyl groups is 1. The SMILES string of the molecule is COc1cc(/C=C/c2nc3ccccc3c(=O)o2)ccc1O. The number of aromatic nitrogens is 1. The van der Waals surface area contributed by atoms with Gasteiger partial charge in [-0.3, -0.25) is 0 Å². The zero-order valence-electron chi connectivity index (χ0n) is 11.8. The highest BCUT2D eigenvalue weighted by atomic mass is 16.5. The van der Waals surface area contributed by atoms with Crippen LogP contribution in [0.5, 0.6) is 11.5 Å². The fourth-order valence-corrected chi connectivity index (χ4v) is 2.07. The average molecular weight is 295 g/mol. The van der Waals surface area contributed by atoms with E-state index in [-0.39, 0.29) is 11.6 Å². The number of rotatable bonds is 3. The second kappa shape index (κ2) is 5.73. The molecule has 0 saturated heterocycles. The smallest absolute Gasteiger partial charge is 0.347 e. The molecule has 0 unspecified atom stereocenters. The van der Waals surface area contributed by atoms with Gasteiger partial charge in [0.05, 0.1) is 18.0 Å².